The zero-order valence-corrected chi connectivity index (χ0v) is 15.9. The van der Waals surface area contributed by atoms with E-state index in [1.54, 1.807) is 0 Å². The SMILES string of the molecule is CCc1ccc(C2CNCCN2C(=O)c2ccn(C(C)C)n2)cc1.Cl. The van der Waals surface area contributed by atoms with Gasteiger partial charge in [-0.1, -0.05) is 31.2 Å². The van der Waals surface area contributed by atoms with E-state index in [1.165, 1.54) is 11.1 Å². The maximum Gasteiger partial charge on any atom is 0.274 e. The summed E-state index contributed by atoms with van der Waals surface area (Å²) in [7, 11) is 0. The van der Waals surface area contributed by atoms with Crippen molar-refractivity contribution >= 4 is 18.3 Å². The molecule has 2 aromatic rings. The Kier molecular flexibility index (Phi) is 6.62. The molecule has 0 saturated carbocycles. The van der Waals surface area contributed by atoms with Gasteiger partial charge in [-0.3, -0.25) is 9.48 Å². The van der Waals surface area contributed by atoms with Crippen molar-refractivity contribution < 1.29 is 4.79 Å². The molecule has 0 aliphatic carbocycles. The molecule has 3 rings (SSSR count). The number of amides is 1. The van der Waals surface area contributed by atoms with Crippen molar-refractivity contribution in [2.75, 3.05) is 19.6 Å². The predicted octanol–water partition coefficient (Wildman–Crippen LogP) is 3.23. The zero-order chi connectivity index (χ0) is 17.1. The maximum atomic E-state index is 13.0. The number of piperazine rings is 1. The molecule has 1 atom stereocenters. The number of nitrogens with one attached hydrogen (secondary N) is 1. The summed E-state index contributed by atoms with van der Waals surface area (Å²) in [4.78, 5) is 14.9. The summed E-state index contributed by atoms with van der Waals surface area (Å²) in [6.45, 7) is 8.57. The van der Waals surface area contributed by atoms with Gasteiger partial charge in [0, 0.05) is 31.9 Å². The van der Waals surface area contributed by atoms with E-state index < -0.39 is 0 Å². The third-order valence-electron chi connectivity index (χ3n) is 4.63. The van der Waals surface area contributed by atoms with Gasteiger partial charge in [-0.05, 0) is 37.5 Å². The fraction of sp³-hybridized carbons (Fsp3) is 0.474. The minimum absolute atomic E-state index is 0. The molecular formula is C19H27ClN4O. The van der Waals surface area contributed by atoms with Crippen LogP contribution < -0.4 is 5.32 Å². The topological polar surface area (TPSA) is 50.2 Å². The van der Waals surface area contributed by atoms with E-state index in [1.807, 2.05) is 21.8 Å². The van der Waals surface area contributed by atoms with Gasteiger partial charge in [0.1, 0.15) is 5.69 Å². The second-order valence-electron chi connectivity index (χ2n) is 6.59. The molecule has 1 amide bonds. The number of hydrogen-bond acceptors (Lipinski definition) is 3. The Morgan fingerprint density at radius 2 is 2.00 bits per heavy atom. The van der Waals surface area contributed by atoms with Crippen molar-refractivity contribution in [2.45, 2.75) is 39.3 Å². The summed E-state index contributed by atoms with van der Waals surface area (Å²) < 4.78 is 1.83. The smallest absolute Gasteiger partial charge is 0.274 e. The third kappa shape index (κ3) is 4.22. The van der Waals surface area contributed by atoms with E-state index in [2.05, 4.69) is 55.5 Å². The van der Waals surface area contributed by atoms with Gasteiger partial charge in [0.2, 0.25) is 0 Å². The van der Waals surface area contributed by atoms with Gasteiger partial charge in [-0.15, -0.1) is 12.4 Å². The molecule has 0 radical (unpaired) electrons. The van der Waals surface area contributed by atoms with Gasteiger partial charge < -0.3 is 10.2 Å². The molecule has 1 fully saturated rings. The van der Waals surface area contributed by atoms with E-state index >= 15 is 0 Å². The second-order valence-corrected chi connectivity index (χ2v) is 6.59. The van der Waals surface area contributed by atoms with Crippen LogP contribution in [0.15, 0.2) is 36.5 Å². The predicted molar refractivity (Wildman–Crippen MR) is 102 cm³/mol. The van der Waals surface area contributed by atoms with E-state index in [4.69, 9.17) is 0 Å². The molecule has 1 aromatic carbocycles. The zero-order valence-electron chi connectivity index (χ0n) is 15.1. The minimum Gasteiger partial charge on any atom is -0.328 e. The number of nitrogens with zero attached hydrogens (tertiary/aromatic N) is 3. The number of benzene rings is 1. The molecule has 1 aromatic heterocycles. The molecule has 0 bridgehead atoms. The molecule has 5 nitrogen and oxygen atoms in total. The summed E-state index contributed by atoms with van der Waals surface area (Å²) in [5.74, 6) is 0.0143. The van der Waals surface area contributed by atoms with Crippen molar-refractivity contribution in [1.29, 1.82) is 0 Å². The average Bonchev–Trinajstić information content (AvgIpc) is 3.12. The van der Waals surface area contributed by atoms with Crippen LogP contribution in [-0.2, 0) is 6.42 Å². The van der Waals surface area contributed by atoms with E-state index in [0.717, 1.165) is 19.5 Å². The van der Waals surface area contributed by atoms with Crippen LogP contribution >= 0.6 is 12.4 Å². The lowest BCUT2D eigenvalue weighted by Crippen LogP contribution is -2.48. The fourth-order valence-electron chi connectivity index (χ4n) is 3.11. The van der Waals surface area contributed by atoms with Crippen LogP contribution in [0.2, 0.25) is 0 Å². The summed E-state index contributed by atoms with van der Waals surface area (Å²) in [6.07, 6.45) is 2.91. The van der Waals surface area contributed by atoms with Crippen LogP contribution in [0.4, 0.5) is 0 Å². The Labute approximate surface area is 155 Å². The molecule has 1 N–H and O–H groups in total. The normalized spacial score (nSPS) is 17.4. The first-order valence-corrected chi connectivity index (χ1v) is 8.75. The molecule has 1 unspecified atom stereocenters. The summed E-state index contributed by atoms with van der Waals surface area (Å²) in [6, 6.07) is 10.7. The lowest BCUT2D eigenvalue weighted by atomic mass is 10.0. The van der Waals surface area contributed by atoms with E-state index in [-0.39, 0.29) is 30.4 Å². The first-order chi connectivity index (χ1) is 11.6. The van der Waals surface area contributed by atoms with Crippen LogP contribution in [0.1, 0.15) is 54.5 Å². The summed E-state index contributed by atoms with van der Waals surface area (Å²) in [5.41, 5.74) is 3.02. The van der Waals surface area contributed by atoms with Crippen LogP contribution in [0, 0.1) is 0 Å². The highest BCUT2D eigenvalue weighted by Crippen LogP contribution is 2.24. The van der Waals surface area contributed by atoms with Crippen LogP contribution in [-0.4, -0.2) is 40.2 Å². The number of aryl methyl sites for hydroxylation is 1. The molecular weight excluding hydrogens is 336 g/mol. The van der Waals surface area contributed by atoms with Crippen molar-refractivity contribution in [2.24, 2.45) is 0 Å². The largest absolute Gasteiger partial charge is 0.328 e. The highest BCUT2D eigenvalue weighted by atomic mass is 35.5. The monoisotopic (exact) mass is 362 g/mol. The van der Waals surface area contributed by atoms with Gasteiger partial charge >= 0.3 is 0 Å². The number of halogens is 1. The molecule has 1 aliphatic heterocycles. The number of carbonyl (C=O) groups excluding carboxylic acids is 1. The Balaban J connectivity index is 0.00000225. The maximum absolute atomic E-state index is 13.0. The minimum atomic E-state index is 0. The number of carbonyl (C=O) groups is 1. The van der Waals surface area contributed by atoms with Gasteiger partial charge in [-0.25, -0.2) is 0 Å². The standard InChI is InChI=1S/C19H26N4O.ClH/c1-4-15-5-7-16(8-6-15)18-13-20-10-12-22(18)19(24)17-9-11-23(21-17)14(2)3;/h5-9,11,14,18,20H,4,10,12-13H2,1-3H3;1H. The molecule has 25 heavy (non-hydrogen) atoms. The summed E-state index contributed by atoms with van der Waals surface area (Å²) in [5, 5.41) is 7.85. The van der Waals surface area contributed by atoms with Gasteiger partial charge in [0.15, 0.2) is 0 Å². The van der Waals surface area contributed by atoms with E-state index in [9.17, 15) is 4.79 Å². The molecule has 2 heterocycles. The summed E-state index contributed by atoms with van der Waals surface area (Å²) >= 11 is 0. The highest BCUT2D eigenvalue weighted by molar-refractivity contribution is 5.92. The first kappa shape index (κ1) is 19.5. The molecule has 136 valence electrons. The lowest BCUT2D eigenvalue weighted by molar-refractivity contribution is 0.0627. The second kappa shape index (κ2) is 8.50. The van der Waals surface area contributed by atoms with Gasteiger partial charge in [-0.2, -0.15) is 5.10 Å². The van der Waals surface area contributed by atoms with Crippen molar-refractivity contribution in [3.05, 3.63) is 53.3 Å². The Bertz CT molecular complexity index is 696. The molecule has 1 aliphatic rings. The first-order valence-electron chi connectivity index (χ1n) is 8.75. The number of aromatic nitrogens is 2. The molecule has 6 heteroatoms. The fourth-order valence-corrected chi connectivity index (χ4v) is 3.11. The van der Waals surface area contributed by atoms with E-state index in [0.29, 0.717) is 12.2 Å². The third-order valence-corrected chi connectivity index (χ3v) is 4.63. The van der Waals surface area contributed by atoms with Crippen molar-refractivity contribution in [3.63, 3.8) is 0 Å². The molecule has 1 saturated heterocycles. The van der Waals surface area contributed by atoms with Crippen LogP contribution in [0.3, 0.4) is 0 Å². The Hall–Kier alpha value is -1.85. The number of hydrogen-bond donors (Lipinski definition) is 1. The lowest BCUT2D eigenvalue weighted by Gasteiger charge is -2.36. The van der Waals surface area contributed by atoms with Gasteiger partial charge in [0.05, 0.1) is 6.04 Å². The van der Waals surface area contributed by atoms with Crippen molar-refractivity contribution in [3.8, 4) is 0 Å². The molecule has 0 spiro atoms. The van der Waals surface area contributed by atoms with Gasteiger partial charge in [0.25, 0.3) is 5.91 Å². The Morgan fingerprint density at radius 1 is 1.28 bits per heavy atom. The number of rotatable bonds is 4. The highest BCUT2D eigenvalue weighted by Gasteiger charge is 2.29. The quantitative estimate of drug-likeness (QED) is 0.908. The van der Waals surface area contributed by atoms with Crippen molar-refractivity contribution in [1.82, 2.24) is 20.0 Å². The van der Waals surface area contributed by atoms with Crippen LogP contribution in [0.5, 0.6) is 0 Å². The average molecular weight is 363 g/mol. The Morgan fingerprint density at radius 3 is 2.60 bits per heavy atom. The van der Waals surface area contributed by atoms with Crippen LogP contribution in [0.25, 0.3) is 0 Å².